The number of nitrogens with zero attached hydrogens (tertiary/aromatic N) is 1. The summed E-state index contributed by atoms with van der Waals surface area (Å²) in [7, 11) is 1.71. The van der Waals surface area contributed by atoms with Crippen LogP contribution in [0.1, 0.15) is 0 Å². The standard InChI is InChI=1S/C39H25NO/c1-41-35-18-16-32(17-19-35)40(33-20-28-12-8-24-4-2-5-25-9-13-29(21-33)38(28)36(24)25)34-22-30-14-10-26-6-3-7-27-11-15-31(23-34)39(30)37(26)27/h2-23H,1H3. The van der Waals surface area contributed by atoms with Crippen LogP contribution >= 0.6 is 0 Å². The minimum atomic E-state index is 0.847. The lowest BCUT2D eigenvalue weighted by atomic mass is 9.93. The van der Waals surface area contributed by atoms with Gasteiger partial charge in [0.05, 0.1) is 7.11 Å². The Morgan fingerprint density at radius 1 is 0.366 bits per heavy atom. The average molecular weight is 524 g/mol. The molecule has 0 aliphatic rings. The van der Waals surface area contributed by atoms with Gasteiger partial charge in [-0.2, -0.15) is 0 Å². The molecule has 0 unspecified atom stereocenters. The molecule has 0 N–H and O–H groups in total. The summed E-state index contributed by atoms with van der Waals surface area (Å²) in [6, 6.07) is 48.9. The Morgan fingerprint density at radius 3 is 1.07 bits per heavy atom. The van der Waals surface area contributed by atoms with E-state index < -0.39 is 0 Å². The van der Waals surface area contributed by atoms with Crippen LogP contribution in [0, 0.1) is 0 Å². The van der Waals surface area contributed by atoms with Gasteiger partial charge in [-0.3, -0.25) is 0 Å². The van der Waals surface area contributed by atoms with Crippen molar-refractivity contribution >= 4 is 81.7 Å². The summed E-state index contributed by atoms with van der Waals surface area (Å²) in [4.78, 5) is 2.38. The van der Waals surface area contributed by atoms with Crippen LogP contribution in [0.4, 0.5) is 17.1 Å². The molecule has 0 saturated carbocycles. The Bertz CT molecular complexity index is 2130. The fourth-order valence-corrected chi connectivity index (χ4v) is 6.91. The van der Waals surface area contributed by atoms with Gasteiger partial charge in [-0.1, -0.05) is 84.9 Å². The third-order valence-corrected chi connectivity index (χ3v) is 8.74. The van der Waals surface area contributed by atoms with E-state index in [-0.39, 0.29) is 0 Å². The molecule has 0 aromatic heterocycles. The summed E-state index contributed by atoms with van der Waals surface area (Å²) in [5, 5.41) is 15.5. The van der Waals surface area contributed by atoms with Crippen LogP contribution < -0.4 is 9.64 Å². The number of hydrogen-bond acceptors (Lipinski definition) is 2. The van der Waals surface area contributed by atoms with E-state index >= 15 is 0 Å². The minimum absolute atomic E-state index is 0.847. The molecule has 0 heterocycles. The van der Waals surface area contributed by atoms with E-state index in [9.17, 15) is 0 Å². The second-order valence-electron chi connectivity index (χ2n) is 11.0. The SMILES string of the molecule is COc1ccc(N(c2cc3ccc4cccc5ccc(c2)c3c45)c2cc3ccc4cccc5ccc(c2)c3c45)cc1. The number of hydrogen-bond donors (Lipinski definition) is 0. The normalized spacial score (nSPS) is 12.0. The molecule has 0 radical (unpaired) electrons. The van der Waals surface area contributed by atoms with Crippen LogP contribution in [-0.4, -0.2) is 7.11 Å². The molecule has 0 aliphatic heterocycles. The molecule has 0 spiro atoms. The molecular formula is C39H25NO. The molecule has 0 fully saturated rings. The molecule has 2 nitrogen and oxygen atoms in total. The van der Waals surface area contributed by atoms with E-state index in [1.807, 2.05) is 12.1 Å². The predicted octanol–water partition coefficient (Wildman–Crippen LogP) is 11.0. The first-order chi connectivity index (χ1) is 20.2. The molecular weight excluding hydrogens is 498 g/mol. The minimum Gasteiger partial charge on any atom is -0.497 e. The highest BCUT2D eigenvalue weighted by Crippen LogP contribution is 2.44. The van der Waals surface area contributed by atoms with Crippen LogP contribution in [0.5, 0.6) is 5.75 Å². The summed E-state index contributed by atoms with van der Waals surface area (Å²) < 4.78 is 5.51. The van der Waals surface area contributed by atoms with E-state index in [1.54, 1.807) is 7.11 Å². The van der Waals surface area contributed by atoms with Crippen LogP contribution in [0.15, 0.2) is 133 Å². The van der Waals surface area contributed by atoms with Gasteiger partial charge in [0.2, 0.25) is 0 Å². The number of ether oxygens (including phenoxy) is 1. The molecule has 9 aromatic carbocycles. The average Bonchev–Trinajstić information content (AvgIpc) is 3.03. The molecule has 0 saturated heterocycles. The second kappa shape index (κ2) is 8.33. The fraction of sp³-hybridized carbons (Fsp3) is 0.0256. The summed E-state index contributed by atoms with van der Waals surface area (Å²) in [6.45, 7) is 0. The summed E-state index contributed by atoms with van der Waals surface area (Å²) >= 11 is 0. The number of benzene rings is 9. The molecule has 0 bridgehead atoms. The monoisotopic (exact) mass is 523 g/mol. The van der Waals surface area contributed by atoms with Gasteiger partial charge >= 0.3 is 0 Å². The zero-order valence-corrected chi connectivity index (χ0v) is 22.6. The van der Waals surface area contributed by atoms with Gasteiger partial charge in [0, 0.05) is 17.1 Å². The Labute approximate surface area is 237 Å². The zero-order valence-electron chi connectivity index (χ0n) is 22.6. The van der Waals surface area contributed by atoms with Crippen molar-refractivity contribution in [3.8, 4) is 5.75 Å². The first-order valence-corrected chi connectivity index (χ1v) is 14.0. The van der Waals surface area contributed by atoms with Crippen molar-refractivity contribution in [1.82, 2.24) is 0 Å². The van der Waals surface area contributed by atoms with Crippen molar-refractivity contribution < 1.29 is 4.74 Å². The third kappa shape index (κ3) is 3.25. The smallest absolute Gasteiger partial charge is 0.119 e. The Hall–Kier alpha value is -5.34. The van der Waals surface area contributed by atoms with Crippen LogP contribution in [0.2, 0.25) is 0 Å². The maximum absolute atomic E-state index is 5.51. The molecule has 0 atom stereocenters. The van der Waals surface area contributed by atoms with E-state index in [2.05, 4.69) is 126 Å². The fourth-order valence-electron chi connectivity index (χ4n) is 6.91. The summed E-state index contributed by atoms with van der Waals surface area (Å²) in [5.74, 6) is 0.847. The molecule has 0 amide bonds. The van der Waals surface area contributed by atoms with Gasteiger partial charge in [-0.15, -0.1) is 0 Å². The molecule has 9 rings (SSSR count). The lowest BCUT2D eigenvalue weighted by Crippen LogP contribution is -2.10. The Morgan fingerprint density at radius 2 is 0.707 bits per heavy atom. The van der Waals surface area contributed by atoms with Gasteiger partial charge in [0.15, 0.2) is 0 Å². The van der Waals surface area contributed by atoms with Crippen molar-refractivity contribution in [3.05, 3.63) is 133 Å². The highest BCUT2D eigenvalue weighted by Gasteiger charge is 2.18. The zero-order chi connectivity index (χ0) is 27.1. The van der Waals surface area contributed by atoms with Crippen LogP contribution in [0.3, 0.4) is 0 Å². The van der Waals surface area contributed by atoms with Crippen LogP contribution in [0.25, 0.3) is 64.6 Å². The third-order valence-electron chi connectivity index (χ3n) is 8.74. The van der Waals surface area contributed by atoms with E-state index in [4.69, 9.17) is 4.74 Å². The van der Waals surface area contributed by atoms with Crippen LogP contribution in [-0.2, 0) is 0 Å². The summed E-state index contributed by atoms with van der Waals surface area (Å²) in [6.07, 6.45) is 0. The van der Waals surface area contributed by atoms with Gasteiger partial charge in [0.1, 0.15) is 5.75 Å². The molecule has 9 aromatic rings. The maximum atomic E-state index is 5.51. The lowest BCUT2D eigenvalue weighted by molar-refractivity contribution is 0.415. The van der Waals surface area contributed by atoms with Gasteiger partial charge < -0.3 is 9.64 Å². The Balaban J connectivity index is 1.33. The van der Waals surface area contributed by atoms with Crippen molar-refractivity contribution in [2.24, 2.45) is 0 Å². The van der Waals surface area contributed by atoms with Crippen molar-refractivity contribution in [3.63, 3.8) is 0 Å². The first-order valence-electron chi connectivity index (χ1n) is 14.0. The van der Waals surface area contributed by atoms with Crippen molar-refractivity contribution in [2.45, 2.75) is 0 Å². The summed E-state index contributed by atoms with van der Waals surface area (Å²) in [5.41, 5.74) is 3.36. The van der Waals surface area contributed by atoms with Crippen molar-refractivity contribution in [2.75, 3.05) is 12.0 Å². The van der Waals surface area contributed by atoms with E-state index in [0.29, 0.717) is 0 Å². The molecule has 0 aliphatic carbocycles. The van der Waals surface area contributed by atoms with E-state index in [1.165, 1.54) is 64.6 Å². The number of anilines is 3. The maximum Gasteiger partial charge on any atom is 0.119 e. The van der Waals surface area contributed by atoms with Gasteiger partial charge in [-0.25, -0.2) is 0 Å². The number of methoxy groups -OCH3 is 1. The first kappa shape index (κ1) is 22.5. The molecule has 2 heteroatoms. The number of rotatable bonds is 4. The topological polar surface area (TPSA) is 12.5 Å². The largest absolute Gasteiger partial charge is 0.497 e. The quantitative estimate of drug-likeness (QED) is 0.213. The molecule has 192 valence electrons. The van der Waals surface area contributed by atoms with Gasteiger partial charge in [-0.05, 0) is 113 Å². The Kier molecular flexibility index (Phi) is 4.57. The highest BCUT2D eigenvalue weighted by atomic mass is 16.5. The van der Waals surface area contributed by atoms with E-state index in [0.717, 1.165) is 22.8 Å². The van der Waals surface area contributed by atoms with Crippen molar-refractivity contribution in [1.29, 1.82) is 0 Å². The lowest BCUT2D eigenvalue weighted by Gasteiger charge is -2.27. The second-order valence-corrected chi connectivity index (χ2v) is 11.0. The highest BCUT2D eigenvalue weighted by molar-refractivity contribution is 6.25. The molecule has 41 heavy (non-hydrogen) atoms. The predicted molar refractivity (Wildman–Crippen MR) is 175 cm³/mol. The van der Waals surface area contributed by atoms with Gasteiger partial charge in [0.25, 0.3) is 0 Å².